The van der Waals surface area contributed by atoms with Crippen LogP contribution < -0.4 is 10.1 Å². The molecule has 1 aromatic carbocycles. The smallest absolute Gasteiger partial charge is 0.121 e. The van der Waals surface area contributed by atoms with Crippen molar-refractivity contribution in [3.05, 3.63) is 23.8 Å². The molecule has 0 aromatic heterocycles. The second-order valence-electron chi connectivity index (χ2n) is 2.77. The van der Waals surface area contributed by atoms with Crippen LogP contribution in [0.1, 0.15) is 12.5 Å². The first-order valence-corrected chi connectivity index (χ1v) is 4.16. The molecule has 0 fully saturated rings. The van der Waals surface area contributed by atoms with Gasteiger partial charge in [0.15, 0.2) is 0 Å². The molecular formula is C10H15NO. The lowest BCUT2D eigenvalue weighted by atomic mass is 10.2. The number of aryl methyl sites for hydroxylation is 1. The molecule has 0 unspecified atom stereocenters. The number of hydrogen-bond acceptors (Lipinski definition) is 2. The van der Waals surface area contributed by atoms with Crippen LogP contribution in [-0.2, 0) is 0 Å². The van der Waals surface area contributed by atoms with E-state index in [2.05, 4.69) is 25.2 Å². The molecule has 0 saturated carbocycles. The zero-order valence-electron chi connectivity index (χ0n) is 7.85. The van der Waals surface area contributed by atoms with Gasteiger partial charge in [0.05, 0.1) is 7.11 Å². The summed E-state index contributed by atoms with van der Waals surface area (Å²) in [6, 6.07) is 6.11. The Morgan fingerprint density at radius 3 is 2.67 bits per heavy atom. The predicted octanol–water partition coefficient (Wildman–Crippen LogP) is 2.44. The van der Waals surface area contributed by atoms with Crippen molar-refractivity contribution in [2.24, 2.45) is 0 Å². The highest BCUT2D eigenvalue weighted by Crippen LogP contribution is 2.19. The number of rotatable bonds is 3. The molecule has 0 heterocycles. The van der Waals surface area contributed by atoms with E-state index in [1.807, 2.05) is 12.1 Å². The summed E-state index contributed by atoms with van der Waals surface area (Å²) in [5.74, 6) is 0.908. The van der Waals surface area contributed by atoms with E-state index < -0.39 is 0 Å². The first kappa shape index (κ1) is 8.91. The SMILES string of the molecule is CCNc1cc(C)cc(OC)c1. The molecule has 2 nitrogen and oxygen atoms in total. The van der Waals surface area contributed by atoms with Crippen molar-refractivity contribution < 1.29 is 4.74 Å². The van der Waals surface area contributed by atoms with Crippen molar-refractivity contribution in [1.82, 2.24) is 0 Å². The van der Waals surface area contributed by atoms with Crippen molar-refractivity contribution in [2.45, 2.75) is 13.8 Å². The highest BCUT2D eigenvalue weighted by molar-refractivity contribution is 5.50. The summed E-state index contributed by atoms with van der Waals surface area (Å²) in [6.07, 6.45) is 0. The lowest BCUT2D eigenvalue weighted by molar-refractivity contribution is 0.414. The third-order valence-corrected chi connectivity index (χ3v) is 1.67. The van der Waals surface area contributed by atoms with E-state index in [1.54, 1.807) is 7.11 Å². The molecule has 0 spiro atoms. The second-order valence-corrected chi connectivity index (χ2v) is 2.77. The first-order valence-electron chi connectivity index (χ1n) is 4.16. The van der Waals surface area contributed by atoms with Gasteiger partial charge in [-0.25, -0.2) is 0 Å². The Balaban J connectivity index is 2.90. The molecule has 0 bridgehead atoms. The first-order chi connectivity index (χ1) is 5.76. The van der Waals surface area contributed by atoms with Crippen LogP contribution in [0.15, 0.2) is 18.2 Å². The summed E-state index contributed by atoms with van der Waals surface area (Å²) in [5.41, 5.74) is 2.33. The van der Waals surface area contributed by atoms with E-state index in [4.69, 9.17) is 4.74 Å². The molecule has 0 radical (unpaired) electrons. The third-order valence-electron chi connectivity index (χ3n) is 1.67. The van der Waals surface area contributed by atoms with Gasteiger partial charge in [-0.05, 0) is 31.5 Å². The van der Waals surface area contributed by atoms with Gasteiger partial charge in [-0.1, -0.05) is 0 Å². The fraction of sp³-hybridized carbons (Fsp3) is 0.400. The number of methoxy groups -OCH3 is 1. The van der Waals surface area contributed by atoms with Crippen LogP contribution in [0.2, 0.25) is 0 Å². The maximum absolute atomic E-state index is 5.14. The molecule has 2 heteroatoms. The average Bonchev–Trinajstić information content (AvgIpc) is 2.04. The van der Waals surface area contributed by atoms with Crippen molar-refractivity contribution in [3.63, 3.8) is 0 Å². The van der Waals surface area contributed by atoms with Gasteiger partial charge in [-0.3, -0.25) is 0 Å². The van der Waals surface area contributed by atoms with Gasteiger partial charge in [0.25, 0.3) is 0 Å². The molecule has 66 valence electrons. The Labute approximate surface area is 73.6 Å². The van der Waals surface area contributed by atoms with Gasteiger partial charge in [0.1, 0.15) is 5.75 Å². The summed E-state index contributed by atoms with van der Waals surface area (Å²) in [7, 11) is 1.69. The lowest BCUT2D eigenvalue weighted by Crippen LogP contribution is -1.97. The van der Waals surface area contributed by atoms with Gasteiger partial charge in [0.2, 0.25) is 0 Å². The van der Waals surface area contributed by atoms with Crippen LogP contribution in [0.3, 0.4) is 0 Å². The fourth-order valence-electron chi connectivity index (χ4n) is 1.17. The third kappa shape index (κ3) is 2.16. The van der Waals surface area contributed by atoms with Crippen LogP contribution in [0.5, 0.6) is 5.75 Å². The largest absolute Gasteiger partial charge is 0.497 e. The number of hydrogen-bond donors (Lipinski definition) is 1. The number of ether oxygens (including phenoxy) is 1. The summed E-state index contributed by atoms with van der Waals surface area (Å²) < 4.78 is 5.14. The van der Waals surface area contributed by atoms with Crippen LogP contribution in [0.4, 0.5) is 5.69 Å². The summed E-state index contributed by atoms with van der Waals surface area (Å²) in [5, 5.41) is 3.24. The molecule has 0 amide bonds. The number of benzene rings is 1. The minimum absolute atomic E-state index is 0.908. The highest BCUT2D eigenvalue weighted by Gasteiger charge is 1.96. The van der Waals surface area contributed by atoms with Gasteiger partial charge in [-0.2, -0.15) is 0 Å². The molecule has 0 aliphatic heterocycles. The molecular weight excluding hydrogens is 150 g/mol. The van der Waals surface area contributed by atoms with Crippen molar-refractivity contribution in [1.29, 1.82) is 0 Å². The van der Waals surface area contributed by atoms with E-state index >= 15 is 0 Å². The standard InChI is InChI=1S/C10H15NO/c1-4-11-9-5-8(2)6-10(7-9)12-3/h5-7,11H,4H2,1-3H3. The summed E-state index contributed by atoms with van der Waals surface area (Å²) in [6.45, 7) is 5.07. The van der Waals surface area contributed by atoms with E-state index in [9.17, 15) is 0 Å². The Morgan fingerprint density at radius 1 is 1.33 bits per heavy atom. The second kappa shape index (κ2) is 4.00. The lowest BCUT2D eigenvalue weighted by Gasteiger charge is -2.07. The van der Waals surface area contributed by atoms with Crippen LogP contribution in [-0.4, -0.2) is 13.7 Å². The topological polar surface area (TPSA) is 21.3 Å². The maximum Gasteiger partial charge on any atom is 0.121 e. The average molecular weight is 165 g/mol. The molecule has 12 heavy (non-hydrogen) atoms. The zero-order chi connectivity index (χ0) is 8.97. The monoisotopic (exact) mass is 165 g/mol. The molecule has 0 atom stereocenters. The fourth-order valence-corrected chi connectivity index (χ4v) is 1.17. The van der Waals surface area contributed by atoms with Crippen LogP contribution in [0.25, 0.3) is 0 Å². The Bertz CT molecular complexity index is 258. The summed E-state index contributed by atoms with van der Waals surface area (Å²) >= 11 is 0. The highest BCUT2D eigenvalue weighted by atomic mass is 16.5. The summed E-state index contributed by atoms with van der Waals surface area (Å²) in [4.78, 5) is 0. The van der Waals surface area contributed by atoms with Crippen LogP contribution >= 0.6 is 0 Å². The zero-order valence-corrected chi connectivity index (χ0v) is 7.85. The van der Waals surface area contributed by atoms with Crippen molar-refractivity contribution >= 4 is 5.69 Å². The Hall–Kier alpha value is -1.18. The number of nitrogens with one attached hydrogen (secondary N) is 1. The quantitative estimate of drug-likeness (QED) is 0.742. The minimum atomic E-state index is 0.908. The van der Waals surface area contributed by atoms with Crippen molar-refractivity contribution in [2.75, 3.05) is 19.0 Å². The van der Waals surface area contributed by atoms with Crippen molar-refractivity contribution in [3.8, 4) is 5.75 Å². The molecule has 0 aliphatic rings. The van der Waals surface area contributed by atoms with Gasteiger partial charge in [-0.15, -0.1) is 0 Å². The van der Waals surface area contributed by atoms with Crippen LogP contribution in [0, 0.1) is 6.92 Å². The Morgan fingerprint density at radius 2 is 2.08 bits per heavy atom. The van der Waals surface area contributed by atoms with Gasteiger partial charge >= 0.3 is 0 Å². The van der Waals surface area contributed by atoms with E-state index in [0.717, 1.165) is 18.0 Å². The predicted molar refractivity (Wildman–Crippen MR) is 51.9 cm³/mol. The van der Waals surface area contributed by atoms with Gasteiger partial charge < -0.3 is 10.1 Å². The molecule has 1 N–H and O–H groups in total. The molecule has 0 aliphatic carbocycles. The molecule has 1 rings (SSSR count). The van der Waals surface area contributed by atoms with E-state index in [-0.39, 0.29) is 0 Å². The maximum atomic E-state index is 5.14. The minimum Gasteiger partial charge on any atom is -0.497 e. The number of anilines is 1. The van der Waals surface area contributed by atoms with E-state index in [1.165, 1.54) is 5.56 Å². The normalized spacial score (nSPS) is 9.58. The van der Waals surface area contributed by atoms with E-state index in [0.29, 0.717) is 0 Å². The Kier molecular flexibility index (Phi) is 2.97. The molecule has 0 saturated heterocycles. The molecule has 1 aromatic rings. The van der Waals surface area contributed by atoms with Gasteiger partial charge in [0, 0.05) is 18.3 Å².